The summed E-state index contributed by atoms with van der Waals surface area (Å²) in [5.74, 6) is 5.74. The lowest BCUT2D eigenvalue weighted by Crippen LogP contribution is -2.56. The molecule has 0 spiro atoms. The van der Waals surface area contributed by atoms with E-state index in [9.17, 15) is 0 Å². The highest BCUT2D eigenvalue weighted by atomic mass is 79.9. The molecule has 3 N–H and O–H groups in total. The summed E-state index contributed by atoms with van der Waals surface area (Å²) in [6.45, 7) is 3.08. The van der Waals surface area contributed by atoms with Gasteiger partial charge >= 0.3 is 0 Å². The minimum atomic E-state index is 0.187. The van der Waals surface area contributed by atoms with Crippen LogP contribution in [0.5, 0.6) is 0 Å². The number of nitrogens with zero attached hydrogens (tertiary/aromatic N) is 1. The summed E-state index contributed by atoms with van der Waals surface area (Å²) in [7, 11) is 0. The average molecular weight is 346 g/mol. The predicted octanol–water partition coefficient (Wildman–Crippen LogP) is 1.75. The summed E-state index contributed by atoms with van der Waals surface area (Å²) in [6.07, 6.45) is 3.71. The van der Waals surface area contributed by atoms with Crippen LogP contribution < -0.4 is 11.3 Å². The van der Waals surface area contributed by atoms with Gasteiger partial charge in [0.2, 0.25) is 0 Å². The van der Waals surface area contributed by atoms with Crippen LogP contribution in [-0.4, -0.2) is 42.8 Å². The summed E-state index contributed by atoms with van der Waals surface area (Å²) < 4.78 is 7.18. The zero-order valence-corrected chi connectivity index (χ0v) is 13.3. The summed E-state index contributed by atoms with van der Waals surface area (Å²) in [5, 5.41) is 2.11. The first-order valence-corrected chi connectivity index (χ1v) is 8.48. The molecule has 0 aromatic carbocycles. The van der Waals surface area contributed by atoms with Crippen molar-refractivity contribution in [1.82, 2.24) is 10.3 Å². The number of ether oxygens (including phenoxy) is 1. The van der Waals surface area contributed by atoms with E-state index in [4.69, 9.17) is 10.6 Å². The van der Waals surface area contributed by atoms with Crippen molar-refractivity contribution in [3.05, 3.63) is 20.8 Å². The Kier molecular flexibility index (Phi) is 4.56. The van der Waals surface area contributed by atoms with Crippen LogP contribution in [0.1, 0.15) is 17.7 Å². The molecule has 1 aromatic rings. The molecule has 3 heterocycles. The SMILES string of the molecule is NNC(Cc1cc(Br)cs1)C1CN2CCCC2CO1. The molecule has 2 aliphatic rings. The highest BCUT2D eigenvalue weighted by molar-refractivity contribution is 9.10. The Labute approximate surface area is 126 Å². The molecule has 6 heteroatoms. The number of hydrogen-bond acceptors (Lipinski definition) is 5. The van der Waals surface area contributed by atoms with Crippen molar-refractivity contribution in [1.29, 1.82) is 0 Å². The molecular formula is C13H20BrN3OS. The highest BCUT2D eigenvalue weighted by Crippen LogP contribution is 2.26. The second-order valence-electron chi connectivity index (χ2n) is 5.37. The molecule has 106 valence electrons. The third-order valence-electron chi connectivity index (χ3n) is 4.12. The fourth-order valence-corrected chi connectivity index (χ4v) is 4.57. The maximum Gasteiger partial charge on any atom is 0.0872 e. The van der Waals surface area contributed by atoms with E-state index < -0.39 is 0 Å². The number of hydrogen-bond donors (Lipinski definition) is 2. The van der Waals surface area contributed by atoms with Crippen LogP contribution in [0.15, 0.2) is 15.9 Å². The number of fused-ring (bicyclic) bond motifs is 1. The van der Waals surface area contributed by atoms with E-state index in [-0.39, 0.29) is 12.1 Å². The molecule has 0 radical (unpaired) electrons. The fraction of sp³-hybridized carbons (Fsp3) is 0.692. The molecule has 0 saturated carbocycles. The van der Waals surface area contributed by atoms with E-state index in [0.29, 0.717) is 6.04 Å². The van der Waals surface area contributed by atoms with Gasteiger partial charge in [-0.25, -0.2) is 0 Å². The van der Waals surface area contributed by atoms with Gasteiger partial charge in [-0.15, -0.1) is 11.3 Å². The van der Waals surface area contributed by atoms with Crippen molar-refractivity contribution < 1.29 is 4.74 Å². The zero-order chi connectivity index (χ0) is 13.2. The third kappa shape index (κ3) is 3.20. The molecule has 2 aliphatic heterocycles. The van der Waals surface area contributed by atoms with Gasteiger partial charge in [-0.3, -0.25) is 16.2 Å². The molecule has 2 saturated heterocycles. The quantitative estimate of drug-likeness (QED) is 0.644. The van der Waals surface area contributed by atoms with E-state index in [0.717, 1.165) is 24.0 Å². The lowest BCUT2D eigenvalue weighted by atomic mass is 10.0. The van der Waals surface area contributed by atoms with Crippen LogP contribution >= 0.6 is 27.3 Å². The topological polar surface area (TPSA) is 50.5 Å². The van der Waals surface area contributed by atoms with E-state index >= 15 is 0 Å². The van der Waals surface area contributed by atoms with Gasteiger partial charge in [0.05, 0.1) is 18.8 Å². The van der Waals surface area contributed by atoms with Crippen LogP contribution in [0.3, 0.4) is 0 Å². The molecule has 0 bridgehead atoms. The van der Waals surface area contributed by atoms with Crippen molar-refractivity contribution in [3.8, 4) is 0 Å². The Bertz CT molecular complexity index is 428. The van der Waals surface area contributed by atoms with Crippen LogP contribution in [-0.2, 0) is 11.2 Å². The van der Waals surface area contributed by atoms with Crippen molar-refractivity contribution in [2.24, 2.45) is 5.84 Å². The summed E-state index contributed by atoms with van der Waals surface area (Å²) in [6, 6.07) is 2.99. The lowest BCUT2D eigenvalue weighted by molar-refractivity contribution is -0.0643. The number of nitrogens with one attached hydrogen (secondary N) is 1. The van der Waals surface area contributed by atoms with Crippen molar-refractivity contribution in [2.75, 3.05) is 19.7 Å². The molecule has 3 rings (SSSR count). The second-order valence-corrected chi connectivity index (χ2v) is 7.28. The van der Waals surface area contributed by atoms with Crippen LogP contribution in [0.2, 0.25) is 0 Å². The summed E-state index contributed by atoms with van der Waals surface area (Å²) >= 11 is 5.26. The van der Waals surface area contributed by atoms with Gasteiger partial charge in [-0.05, 0) is 41.4 Å². The van der Waals surface area contributed by atoms with Crippen LogP contribution in [0, 0.1) is 0 Å². The maximum absolute atomic E-state index is 6.03. The average Bonchev–Trinajstić information content (AvgIpc) is 3.03. The number of thiophene rings is 1. The Morgan fingerprint density at radius 2 is 2.53 bits per heavy atom. The third-order valence-corrected chi connectivity index (χ3v) is 5.84. The number of morpholine rings is 1. The Morgan fingerprint density at radius 1 is 1.63 bits per heavy atom. The Hall–Kier alpha value is 0.0200. The molecule has 4 nitrogen and oxygen atoms in total. The van der Waals surface area contributed by atoms with Gasteiger partial charge in [0.25, 0.3) is 0 Å². The standard InChI is InChI=1S/C13H20BrN3OS/c14-9-4-11(19-8-9)5-12(16-15)13-6-17-3-1-2-10(17)7-18-13/h4,8,10,12-13,16H,1-3,5-7,15H2. The minimum Gasteiger partial charge on any atom is -0.374 e. The van der Waals surface area contributed by atoms with Gasteiger partial charge in [0.1, 0.15) is 0 Å². The number of rotatable bonds is 4. The Balaban J connectivity index is 1.62. The highest BCUT2D eigenvalue weighted by Gasteiger charge is 2.35. The molecule has 2 fully saturated rings. The van der Waals surface area contributed by atoms with Crippen molar-refractivity contribution in [2.45, 2.75) is 37.5 Å². The monoisotopic (exact) mass is 345 g/mol. The van der Waals surface area contributed by atoms with E-state index in [1.807, 2.05) is 0 Å². The lowest BCUT2D eigenvalue weighted by Gasteiger charge is -2.38. The largest absolute Gasteiger partial charge is 0.374 e. The molecule has 0 amide bonds. The predicted molar refractivity (Wildman–Crippen MR) is 81.2 cm³/mol. The number of nitrogens with two attached hydrogens (primary N) is 1. The first kappa shape index (κ1) is 14.0. The summed E-state index contributed by atoms with van der Waals surface area (Å²) in [4.78, 5) is 3.89. The van der Waals surface area contributed by atoms with E-state index in [1.165, 1.54) is 24.3 Å². The van der Waals surface area contributed by atoms with Crippen molar-refractivity contribution >= 4 is 27.3 Å². The molecule has 1 aromatic heterocycles. The Morgan fingerprint density at radius 3 is 3.26 bits per heavy atom. The van der Waals surface area contributed by atoms with Gasteiger partial charge in [0, 0.05) is 33.7 Å². The van der Waals surface area contributed by atoms with Crippen LogP contribution in [0.4, 0.5) is 0 Å². The van der Waals surface area contributed by atoms with Crippen molar-refractivity contribution in [3.63, 3.8) is 0 Å². The van der Waals surface area contributed by atoms with Crippen LogP contribution in [0.25, 0.3) is 0 Å². The molecule has 3 atom stereocenters. The van der Waals surface area contributed by atoms with E-state index in [1.54, 1.807) is 11.3 Å². The second kappa shape index (κ2) is 6.20. The molecule has 0 aliphatic carbocycles. The maximum atomic E-state index is 6.03. The normalized spacial score (nSPS) is 29.4. The number of hydrazine groups is 1. The number of halogens is 1. The zero-order valence-electron chi connectivity index (χ0n) is 10.8. The molecule has 3 unspecified atom stereocenters. The first-order chi connectivity index (χ1) is 9.26. The fourth-order valence-electron chi connectivity index (χ4n) is 3.06. The smallest absolute Gasteiger partial charge is 0.0872 e. The first-order valence-electron chi connectivity index (χ1n) is 6.81. The van der Waals surface area contributed by atoms with E-state index in [2.05, 4.69) is 37.7 Å². The van der Waals surface area contributed by atoms with Gasteiger partial charge in [-0.2, -0.15) is 0 Å². The van der Waals surface area contributed by atoms with Gasteiger partial charge < -0.3 is 4.74 Å². The molecular weight excluding hydrogens is 326 g/mol. The van der Waals surface area contributed by atoms with Gasteiger partial charge in [-0.1, -0.05) is 0 Å². The summed E-state index contributed by atoms with van der Waals surface area (Å²) in [5.41, 5.74) is 2.95. The minimum absolute atomic E-state index is 0.187. The van der Waals surface area contributed by atoms with Gasteiger partial charge in [0.15, 0.2) is 0 Å². The molecule has 19 heavy (non-hydrogen) atoms.